The molecule has 0 aliphatic carbocycles. The highest BCUT2D eigenvalue weighted by atomic mass is 79.9. The van der Waals surface area contributed by atoms with Crippen molar-refractivity contribution >= 4 is 15.9 Å². The first-order valence-corrected chi connectivity index (χ1v) is 3.91. The molecule has 0 aromatic carbocycles. The number of hydrogen-bond acceptors (Lipinski definition) is 2. The predicted octanol–water partition coefficient (Wildman–Crippen LogP) is 1.36. The van der Waals surface area contributed by atoms with E-state index >= 15 is 0 Å². The molecule has 1 aromatic heterocycles. The molecule has 0 radical (unpaired) electrons. The lowest BCUT2D eigenvalue weighted by Gasteiger charge is -2.00. The second-order valence-electron chi connectivity index (χ2n) is 2.05. The maximum atomic E-state index is 12.8. The molecule has 0 spiro atoms. The second-order valence-corrected chi connectivity index (χ2v) is 3.42. The molecular formula is C6H6BrFN2O. The molecule has 0 fully saturated rings. The van der Waals surface area contributed by atoms with Crippen molar-refractivity contribution in [3.05, 3.63) is 28.2 Å². The molecular weight excluding hydrogens is 215 g/mol. The molecule has 1 atom stereocenters. The summed E-state index contributed by atoms with van der Waals surface area (Å²) in [4.78, 5) is 16.2. The van der Waals surface area contributed by atoms with Crippen LogP contribution in [0.4, 0.5) is 4.39 Å². The molecule has 1 heterocycles. The zero-order chi connectivity index (χ0) is 8.43. The third kappa shape index (κ3) is 1.65. The minimum Gasteiger partial charge on any atom is -0.311 e. The molecule has 0 bridgehead atoms. The number of aromatic amines is 1. The second kappa shape index (κ2) is 3.13. The number of alkyl halides is 1. The SMILES string of the molecule is CC(Br)c1nc[nH]c(=O)c1F. The monoisotopic (exact) mass is 220 g/mol. The van der Waals surface area contributed by atoms with Crippen LogP contribution >= 0.6 is 15.9 Å². The van der Waals surface area contributed by atoms with Gasteiger partial charge >= 0.3 is 0 Å². The summed E-state index contributed by atoms with van der Waals surface area (Å²) in [6.07, 6.45) is 1.18. The summed E-state index contributed by atoms with van der Waals surface area (Å²) in [5.41, 5.74) is -0.602. The van der Waals surface area contributed by atoms with Crippen molar-refractivity contribution in [3.63, 3.8) is 0 Å². The van der Waals surface area contributed by atoms with Gasteiger partial charge in [0.1, 0.15) is 0 Å². The molecule has 0 aliphatic heterocycles. The van der Waals surface area contributed by atoms with Crippen LogP contribution in [0.1, 0.15) is 17.4 Å². The van der Waals surface area contributed by atoms with Gasteiger partial charge in [0.15, 0.2) is 0 Å². The topological polar surface area (TPSA) is 45.8 Å². The van der Waals surface area contributed by atoms with Gasteiger partial charge in [0.05, 0.1) is 16.8 Å². The van der Waals surface area contributed by atoms with Gasteiger partial charge in [-0.1, -0.05) is 15.9 Å². The Morgan fingerprint density at radius 2 is 2.45 bits per heavy atom. The number of nitrogens with zero attached hydrogens (tertiary/aromatic N) is 1. The molecule has 1 rings (SSSR count). The first-order chi connectivity index (χ1) is 5.13. The van der Waals surface area contributed by atoms with E-state index in [0.29, 0.717) is 0 Å². The highest BCUT2D eigenvalue weighted by molar-refractivity contribution is 9.09. The fraction of sp³-hybridized carbons (Fsp3) is 0.333. The summed E-state index contributed by atoms with van der Waals surface area (Å²) >= 11 is 3.11. The molecule has 0 amide bonds. The minimum absolute atomic E-state index is 0.133. The van der Waals surface area contributed by atoms with E-state index in [4.69, 9.17) is 0 Å². The van der Waals surface area contributed by atoms with Crippen molar-refractivity contribution in [2.75, 3.05) is 0 Å². The van der Waals surface area contributed by atoms with Crippen LogP contribution in [0.5, 0.6) is 0 Å². The van der Waals surface area contributed by atoms with Crippen molar-refractivity contribution in [2.45, 2.75) is 11.8 Å². The van der Waals surface area contributed by atoms with Crippen LogP contribution in [-0.4, -0.2) is 9.97 Å². The average molecular weight is 221 g/mol. The van der Waals surface area contributed by atoms with Gasteiger partial charge in [0, 0.05) is 0 Å². The van der Waals surface area contributed by atoms with E-state index in [-0.39, 0.29) is 10.5 Å². The summed E-state index contributed by atoms with van der Waals surface area (Å²) in [5.74, 6) is -0.822. The highest BCUT2D eigenvalue weighted by Gasteiger charge is 2.11. The van der Waals surface area contributed by atoms with E-state index in [1.54, 1.807) is 6.92 Å². The summed E-state index contributed by atoms with van der Waals surface area (Å²) in [6.45, 7) is 1.70. The fourth-order valence-corrected chi connectivity index (χ4v) is 0.993. The molecule has 1 aromatic rings. The maximum Gasteiger partial charge on any atom is 0.287 e. The zero-order valence-electron chi connectivity index (χ0n) is 5.77. The van der Waals surface area contributed by atoms with E-state index < -0.39 is 11.4 Å². The van der Waals surface area contributed by atoms with Crippen molar-refractivity contribution in [3.8, 4) is 0 Å². The largest absolute Gasteiger partial charge is 0.311 e. The smallest absolute Gasteiger partial charge is 0.287 e. The molecule has 0 saturated carbocycles. The van der Waals surface area contributed by atoms with Crippen LogP contribution in [-0.2, 0) is 0 Å². The molecule has 1 N–H and O–H groups in total. The summed E-state index contributed by atoms with van der Waals surface area (Å²) < 4.78 is 12.8. The predicted molar refractivity (Wildman–Crippen MR) is 42.2 cm³/mol. The Bertz CT molecular complexity index is 310. The lowest BCUT2D eigenvalue weighted by atomic mass is 10.3. The Balaban J connectivity index is 3.28. The van der Waals surface area contributed by atoms with Crippen LogP contribution in [0.2, 0.25) is 0 Å². The standard InChI is InChI=1S/C6H6BrFN2O/c1-3(7)5-4(8)6(11)10-2-9-5/h2-3H,1H3,(H,9,10,11). The number of halogens is 2. The first kappa shape index (κ1) is 8.39. The Morgan fingerprint density at radius 1 is 1.82 bits per heavy atom. The van der Waals surface area contributed by atoms with Crippen LogP contribution < -0.4 is 5.56 Å². The first-order valence-electron chi connectivity index (χ1n) is 3.00. The molecule has 1 unspecified atom stereocenters. The minimum atomic E-state index is -0.822. The molecule has 5 heteroatoms. The molecule has 60 valence electrons. The quantitative estimate of drug-likeness (QED) is 0.727. The number of hydrogen-bond donors (Lipinski definition) is 1. The van der Waals surface area contributed by atoms with Crippen molar-refractivity contribution in [1.82, 2.24) is 9.97 Å². The van der Waals surface area contributed by atoms with E-state index in [9.17, 15) is 9.18 Å². The van der Waals surface area contributed by atoms with Gasteiger partial charge in [0.2, 0.25) is 5.82 Å². The van der Waals surface area contributed by atoms with Crippen molar-refractivity contribution in [2.24, 2.45) is 0 Å². The van der Waals surface area contributed by atoms with Crippen molar-refractivity contribution in [1.29, 1.82) is 0 Å². The van der Waals surface area contributed by atoms with Gasteiger partial charge in [-0.25, -0.2) is 4.98 Å². The Hall–Kier alpha value is -0.710. The summed E-state index contributed by atoms with van der Waals surface area (Å²) in [5, 5.41) is 0. The van der Waals surface area contributed by atoms with Crippen LogP contribution in [0, 0.1) is 5.82 Å². The van der Waals surface area contributed by atoms with Crippen LogP contribution in [0.3, 0.4) is 0 Å². The lowest BCUT2D eigenvalue weighted by molar-refractivity contribution is 0.579. The Labute approximate surface area is 70.8 Å². The van der Waals surface area contributed by atoms with Gasteiger partial charge < -0.3 is 4.98 Å². The normalized spacial score (nSPS) is 13.0. The van der Waals surface area contributed by atoms with Gasteiger partial charge in [-0.2, -0.15) is 4.39 Å². The molecule has 11 heavy (non-hydrogen) atoms. The summed E-state index contributed by atoms with van der Waals surface area (Å²) in [7, 11) is 0. The van der Waals surface area contributed by atoms with Gasteiger partial charge in [-0.3, -0.25) is 4.79 Å². The Kier molecular flexibility index (Phi) is 2.38. The third-order valence-corrected chi connectivity index (χ3v) is 1.63. The van der Waals surface area contributed by atoms with Gasteiger partial charge in [-0.15, -0.1) is 0 Å². The number of nitrogens with one attached hydrogen (secondary N) is 1. The average Bonchev–Trinajstić information content (AvgIpc) is 1.94. The number of aromatic nitrogens is 2. The molecule has 0 aliphatic rings. The summed E-state index contributed by atoms with van der Waals surface area (Å²) in [6, 6.07) is 0. The molecule has 3 nitrogen and oxygen atoms in total. The fourth-order valence-electron chi connectivity index (χ4n) is 0.674. The Morgan fingerprint density at radius 3 is 2.91 bits per heavy atom. The third-order valence-electron chi connectivity index (χ3n) is 1.20. The van der Waals surface area contributed by atoms with Crippen LogP contribution in [0.15, 0.2) is 11.1 Å². The van der Waals surface area contributed by atoms with Gasteiger partial charge in [0.25, 0.3) is 5.56 Å². The lowest BCUT2D eigenvalue weighted by Crippen LogP contribution is -2.14. The molecule has 0 saturated heterocycles. The zero-order valence-corrected chi connectivity index (χ0v) is 7.35. The van der Waals surface area contributed by atoms with E-state index in [1.807, 2.05) is 0 Å². The maximum absolute atomic E-state index is 12.8. The van der Waals surface area contributed by atoms with E-state index in [2.05, 4.69) is 25.9 Å². The van der Waals surface area contributed by atoms with Crippen molar-refractivity contribution < 1.29 is 4.39 Å². The van der Waals surface area contributed by atoms with E-state index in [0.717, 1.165) is 0 Å². The van der Waals surface area contributed by atoms with Gasteiger partial charge in [-0.05, 0) is 6.92 Å². The van der Waals surface area contributed by atoms with E-state index in [1.165, 1.54) is 6.33 Å². The highest BCUT2D eigenvalue weighted by Crippen LogP contribution is 2.19. The van der Waals surface area contributed by atoms with Crippen LogP contribution in [0.25, 0.3) is 0 Å². The number of rotatable bonds is 1. The number of H-pyrrole nitrogens is 1.